The largest absolute Gasteiger partial charge is 0.493 e. The second kappa shape index (κ2) is 7.86. The molecule has 1 fully saturated rings. The van der Waals surface area contributed by atoms with Crippen molar-refractivity contribution in [2.45, 2.75) is 25.4 Å². The lowest BCUT2D eigenvalue weighted by molar-refractivity contribution is 0.0950. The summed E-state index contributed by atoms with van der Waals surface area (Å²) in [6.07, 6.45) is 4.91. The maximum absolute atomic E-state index is 12.4. The molecular formula is C19H21N3O4. The number of methoxy groups -OCH3 is 2. The summed E-state index contributed by atoms with van der Waals surface area (Å²) in [5.74, 6) is 0.726. The first-order valence-electron chi connectivity index (χ1n) is 8.35. The third kappa shape index (κ3) is 4.30. The lowest BCUT2D eigenvalue weighted by Gasteiger charge is -2.10. The van der Waals surface area contributed by atoms with Gasteiger partial charge in [-0.2, -0.15) is 0 Å². The molecule has 2 N–H and O–H groups in total. The maximum atomic E-state index is 12.4. The van der Waals surface area contributed by atoms with E-state index in [1.807, 2.05) is 6.07 Å². The molecule has 0 aliphatic heterocycles. The number of carbonyl (C=O) groups is 2. The van der Waals surface area contributed by atoms with Gasteiger partial charge in [-0.15, -0.1) is 0 Å². The van der Waals surface area contributed by atoms with Crippen LogP contribution in [0.4, 0.5) is 0 Å². The number of nitrogens with zero attached hydrogens (tertiary/aromatic N) is 1. The number of nitrogens with one attached hydrogen (secondary N) is 2. The molecular weight excluding hydrogens is 334 g/mol. The van der Waals surface area contributed by atoms with Crippen LogP contribution in [0, 0.1) is 0 Å². The summed E-state index contributed by atoms with van der Waals surface area (Å²) in [4.78, 5) is 28.4. The summed E-state index contributed by atoms with van der Waals surface area (Å²) in [7, 11) is 3.13. The number of pyridine rings is 1. The first kappa shape index (κ1) is 17.7. The predicted molar refractivity (Wildman–Crippen MR) is 95.4 cm³/mol. The van der Waals surface area contributed by atoms with Gasteiger partial charge in [0, 0.05) is 25.0 Å². The van der Waals surface area contributed by atoms with Crippen molar-refractivity contribution in [2.24, 2.45) is 0 Å². The second-order valence-corrected chi connectivity index (χ2v) is 6.08. The third-order valence-corrected chi connectivity index (χ3v) is 4.08. The van der Waals surface area contributed by atoms with E-state index in [9.17, 15) is 9.59 Å². The maximum Gasteiger partial charge on any atom is 0.253 e. The number of hydrogen-bond donors (Lipinski definition) is 2. The van der Waals surface area contributed by atoms with E-state index in [4.69, 9.17) is 9.47 Å². The van der Waals surface area contributed by atoms with Gasteiger partial charge >= 0.3 is 0 Å². The Hall–Kier alpha value is -3.09. The Morgan fingerprint density at radius 2 is 1.73 bits per heavy atom. The minimum Gasteiger partial charge on any atom is -0.493 e. The Morgan fingerprint density at radius 1 is 1.04 bits per heavy atom. The van der Waals surface area contributed by atoms with Crippen LogP contribution in [0.2, 0.25) is 0 Å². The van der Waals surface area contributed by atoms with Gasteiger partial charge in [-0.05, 0) is 36.6 Å². The molecule has 0 unspecified atom stereocenters. The van der Waals surface area contributed by atoms with Gasteiger partial charge in [-0.1, -0.05) is 6.07 Å². The Morgan fingerprint density at radius 3 is 2.38 bits per heavy atom. The molecule has 0 radical (unpaired) electrons. The topological polar surface area (TPSA) is 89.5 Å². The molecule has 7 nitrogen and oxygen atoms in total. The molecule has 0 saturated heterocycles. The molecule has 7 heteroatoms. The Kier molecular flexibility index (Phi) is 5.36. The van der Waals surface area contributed by atoms with E-state index >= 15 is 0 Å². The normalized spacial score (nSPS) is 13.0. The highest BCUT2D eigenvalue weighted by molar-refractivity contribution is 5.99. The molecule has 0 spiro atoms. The number of hydrogen-bond acceptors (Lipinski definition) is 5. The lowest BCUT2D eigenvalue weighted by Crippen LogP contribution is -2.27. The minimum absolute atomic E-state index is 0.199. The van der Waals surface area contributed by atoms with E-state index in [1.165, 1.54) is 12.4 Å². The Labute approximate surface area is 151 Å². The van der Waals surface area contributed by atoms with Gasteiger partial charge in [-0.25, -0.2) is 0 Å². The highest BCUT2D eigenvalue weighted by Crippen LogP contribution is 2.27. The summed E-state index contributed by atoms with van der Waals surface area (Å²) in [6, 6.07) is 7.24. The average molecular weight is 355 g/mol. The first-order chi connectivity index (χ1) is 12.6. The molecule has 1 aromatic heterocycles. The average Bonchev–Trinajstić information content (AvgIpc) is 3.49. The van der Waals surface area contributed by atoms with Crippen molar-refractivity contribution in [3.8, 4) is 11.5 Å². The predicted octanol–water partition coefficient (Wildman–Crippen LogP) is 1.92. The standard InChI is InChI=1S/C19H21N3O4/c1-25-16-6-3-12(7-17(16)26-2)9-21-18(23)13-8-14(11-20-10-13)19(24)22-15-4-5-15/h3,6-8,10-11,15H,4-5,9H2,1-2H3,(H,21,23)(H,22,24). The monoisotopic (exact) mass is 355 g/mol. The molecule has 1 aliphatic carbocycles. The van der Waals surface area contributed by atoms with Crippen molar-refractivity contribution in [1.82, 2.24) is 15.6 Å². The number of ether oxygens (including phenoxy) is 2. The van der Waals surface area contributed by atoms with Gasteiger partial charge in [-0.3, -0.25) is 14.6 Å². The SMILES string of the molecule is COc1ccc(CNC(=O)c2cncc(C(=O)NC3CC3)c2)cc1OC. The molecule has 3 rings (SSSR count). The highest BCUT2D eigenvalue weighted by atomic mass is 16.5. The van der Waals surface area contributed by atoms with Crippen molar-refractivity contribution >= 4 is 11.8 Å². The lowest BCUT2D eigenvalue weighted by atomic mass is 10.1. The highest BCUT2D eigenvalue weighted by Gasteiger charge is 2.24. The first-order valence-corrected chi connectivity index (χ1v) is 8.35. The van der Waals surface area contributed by atoms with Crippen LogP contribution in [0.5, 0.6) is 11.5 Å². The van der Waals surface area contributed by atoms with E-state index < -0.39 is 0 Å². The van der Waals surface area contributed by atoms with Gasteiger partial charge in [0.15, 0.2) is 11.5 Å². The molecule has 1 aliphatic rings. The molecule has 0 atom stereocenters. The number of amides is 2. The quantitative estimate of drug-likeness (QED) is 0.792. The second-order valence-electron chi connectivity index (χ2n) is 6.08. The molecule has 0 bridgehead atoms. The molecule has 136 valence electrons. The van der Waals surface area contributed by atoms with Crippen molar-refractivity contribution in [3.63, 3.8) is 0 Å². The minimum atomic E-state index is -0.298. The van der Waals surface area contributed by atoms with Gasteiger partial charge in [0.05, 0.1) is 25.3 Å². The van der Waals surface area contributed by atoms with Crippen LogP contribution in [0.15, 0.2) is 36.7 Å². The fraction of sp³-hybridized carbons (Fsp3) is 0.316. The fourth-order valence-corrected chi connectivity index (χ4v) is 2.46. The van der Waals surface area contributed by atoms with Crippen molar-refractivity contribution < 1.29 is 19.1 Å². The molecule has 26 heavy (non-hydrogen) atoms. The Bertz CT molecular complexity index is 818. The van der Waals surface area contributed by atoms with Gasteiger partial charge < -0.3 is 20.1 Å². The third-order valence-electron chi connectivity index (χ3n) is 4.08. The van der Waals surface area contributed by atoms with Crippen LogP contribution in [0.3, 0.4) is 0 Å². The van der Waals surface area contributed by atoms with Crippen LogP contribution < -0.4 is 20.1 Å². The summed E-state index contributed by atoms with van der Waals surface area (Å²) in [6.45, 7) is 0.317. The van der Waals surface area contributed by atoms with Gasteiger partial charge in [0.2, 0.25) is 0 Å². The van der Waals surface area contributed by atoms with Crippen LogP contribution in [-0.4, -0.2) is 37.1 Å². The van der Waals surface area contributed by atoms with E-state index in [-0.39, 0.29) is 17.9 Å². The van der Waals surface area contributed by atoms with E-state index in [0.717, 1.165) is 18.4 Å². The number of aromatic nitrogens is 1. The van der Waals surface area contributed by atoms with E-state index in [1.54, 1.807) is 32.4 Å². The van der Waals surface area contributed by atoms with Crippen LogP contribution >= 0.6 is 0 Å². The molecule has 1 saturated carbocycles. The molecule has 2 amide bonds. The smallest absolute Gasteiger partial charge is 0.253 e. The zero-order chi connectivity index (χ0) is 18.5. The van der Waals surface area contributed by atoms with Crippen molar-refractivity contribution in [1.29, 1.82) is 0 Å². The van der Waals surface area contributed by atoms with E-state index in [0.29, 0.717) is 29.2 Å². The summed E-state index contributed by atoms with van der Waals surface area (Å²) >= 11 is 0. The summed E-state index contributed by atoms with van der Waals surface area (Å²) in [5.41, 5.74) is 1.59. The summed E-state index contributed by atoms with van der Waals surface area (Å²) in [5, 5.41) is 5.70. The number of benzene rings is 1. The van der Waals surface area contributed by atoms with Crippen molar-refractivity contribution in [3.05, 3.63) is 53.3 Å². The number of carbonyl (C=O) groups excluding carboxylic acids is 2. The number of rotatable bonds is 7. The van der Waals surface area contributed by atoms with Crippen LogP contribution in [-0.2, 0) is 6.54 Å². The zero-order valence-electron chi connectivity index (χ0n) is 14.7. The zero-order valence-corrected chi connectivity index (χ0v) is 14.7. The van der Waals surface area contributed by atoms with Crippen LogP contribution in [0.1, 0.15) is 39.1 Å². The molecule has 1 heterocycles. The van der Waals surface area contributed by atoms with Crippen LogP contribution in [0.25, 0.3) is 0 Å². The van der Waals surface area contributed by atoms with Crippen molar-refractivity contribution in [2.75, 3.05) is 14.2 Å². The van der Waals surface area contributed by atoms with E-state index in [2.05, 4.69) is 15.6 Å². The Balaban J connectivity index is 1.63. The molecule has 1 aromatic carbocycles. The molecule has 2 aromatic rings. The summed E-state index contributed by atoms with van der Waals surface area (Å²) < 4.78 is 10.5. The van der Waals surface area contributed by atoms with Gasteiger partial charge in [0.25, 0.3) is 11.8 Å². The van der Waals surface area contributed by atoms with Gasteiger partial charge in [0.1, 0.15) is 0 Å². The fourth-order valence-electron chi connectivity index (χ4n) is 2.46.